The van der Waals surface area contributed by atoms with Crippen LogP contribution in [0.2, 0.25) is 0 Å². The van der Waals surface area contributed by atoms with Crippen molar-refractivity contribution in [1.82, 2.24) is 9.97 Å². The van der Waals surface area contributed by atoms with E-state index >= 15 is 0 Å². The predicted molar refractivity (Wildman–Crippen MR) is 100 cm³/mol. The topological polar surface area (TPSA) is 112 Å². The first kappa shape index (κ1) is 20.7. The number of nitrogens with one attached hydrogen (secondary N) is 1. The van der Waals surface area contributed by atoms with Gasteiger partial charge in [-0.2, -0.15) is 0 Å². The number of carbonyl (C=O) groups excluding carboxylic acids is 1. The van der Waals surface area contributed by atoms with Crippen LogP contribution >= 0.6 is 0 Å². The molecule has 0 spiro atoms. The van der Waals surface area contributed by atoms with Crippen molar-refractivity contribution in [2.45, 2.75) is 52.0 Å². The third kappa shape index (κ3) is 6.60. The highest BCUT2D eigenvalue weighted by molar-refractivity contribution is 5.93. The minimum atomic E-state index is -0.625. The van der Waals surface area contributed by atoms with E-state index in [0.717, 1.165) is 29.7 Å². The average molecular weight is 344 g/mol. The van der Waals surface area contributed by atoms with Gasteiger partial charge in [0.15, 0.2) is 0 Å². The van der Waals surface area contributed by atoms with Crippen molar-refractivity contribution >= 4 is 11.9 Å². The van der Waals surface area contributed by atoms with Crippen molar-refractivity contribution < 1.29 is 10.3 Å². The number of nitrogens with zero attached hydrogens (tertiary/aromatic N) is 2. The molecule has 25 heavy (non-hydrogen) atoms. The van der Waals surface area contributed by atoms with Crippen LogP contribution in [0.1, 0.15) is 43.0 Å². The van der Waals surface area contributed by atoms with Crippen LogP contribution < -0.4 is 11.1 Å². The van der Waals surface area contributed by atoms with E-state index in [4.69, 9.17) is 5.73 Å². The van der Waals surface area contributed by atoms with Crippen LogP contribution in [0.4, 0.5) is 5.95 Å². The normalized spacial score (nSPS) is 11.5. The number of hydrogen-bond acceptors (Lipinski definition) is 4. The van der Waals surface area contributed by atoms with Crippen molar-refractivity contribution in [3.8, 4) is 0 Å². The van der Waals surface area contributed by atoms with Gasteiger partial charge in [-0.05, 0) is 37.3 Å². The number of amides is 1. The van der Waals surface area contributed by atoms with Crippen molar-refractivity contribution in [2.24, 2.45) is 5.73 Å². The van der Waals surface area contributed by atoms with Gasteiger partial charge in [0.1, 0.15) is 0 Å². The molecule has 1 aromatic carbocycles. The SMILES string of the molecule is CCCCCc1cnc(NC(=O)C(N)Cc2ccccc2)nc1C.O. The lowest BCUT2D eigenvalue weighted by Crippen LogP contribution is -2.37. The van der Waals surface area contributed by atoms with Crippen LogP contribution in [-0.2, 0) is 17.6 Å². The molecule has 0 fully saturated rings. The molecule has 136 valence electrons. The van der Waals surface area contributed by atoms with E-state index in [1.165, 1.54) is 12.8 Å². The highest BCUT2D eigenvalue weighted by Crippen LogP contribution is 2.12. The lowest BCUT2D eigenvalue weighted by molar-refractivity contribution is -0.117. The Balaban J connectivity index is 0.00000312. The molecule has 1 unspecified atom stereocenters. The Morgan fingerprint density at radius 3 is 2.60 bits per heavy atom. The van der Waals surface area contributed by atoms with E-state index in [1.807, 2.05) is 37.3 Å². The minimum absolute atomic E-state index is 0. The molecule has 2 rings (SSSR count). The molecule has 2 aromatic rings. The molecule has 0 aliphatic carbocycles. The fourth-order valence-corrected chi connectivity index (χ4v) is 2.53. The number of benzene rings is 1. The zero-order valence-electron chi connectivity index (χ0n) is 15.0. The summed E-state index contributed by atoms with van der Waals surface area (Å²) in [6.07, 6.45) is 6.78. The maximum atomic E-state index is 12.2. The first-order valence-electron chi connectivity index (χ1n) is 8.53. The second-order valence-corrected chi connectivity index (χ2v) is 6.05. The molecule has 6 heteroatoms. The van der Waals surface area contributed by atoms with Gasteiger partial charge >= 0.3 is 0 Å². The van der Waals surface area contributed by atoms with Crippen LogP contribution in [0.3, 0.4) is 0 Å². The summed E-state index contributed by atoms with van der Waals surface area (Å²) < 4.78 is 0. The van der Waals surface area contributed by atoms with Gasteiger partial charge in [0.2, 0.25) is 11.9 Å². The maximum Gasteiger partial charge on any atom is 0.243 e. The summed E-state index contributed by atoms with van der Waals surface area (Å²) in [4.78, 5) is 20.8. The molecule has 1 atom stereocenters. The number of nitrogens with two attached hydrogens (primary N) is 1. The summed E-state index contributed by atoms with van der Waals surface area (Å²) in [5, 5.41) is 2.71. The smallest absolute Gasteiger partial charge is 0.243 e. The molecule has 0 radical (unpaired) electrons. The van der Waals surface area contributed by atoms with E-state index in [-0.39, 0.29) is 11.4 Å². The van der Waals surface area contributed by atoms with Gasteiger partial charge in [0, 0.05) is 11.9 Å². The number of anilines is 1. The maximum absolute atomic E-state index is 12.2. The van der Waals surface area contributed by atoms with Crippen LogP contribution in [0, 0.1) is 6.92 Å². The zero-order valence-corrected chi connectivity index (χ0v) is 15.0. The van der Waals surface area contributed by atoms with Crippen LogP contribution in [-0.4, -0.2) is 27.4 Å². The molecular formula is C19H28N4O2. The highest BCUT2D eigenvalue weighted by Gasteiger charge is 2.15. The summed E-state index contributed by atoms with van der Waals surface area (Å²) in [5.41, 5.74) is 9.05. The fraction of sp³-hybridized carbons (Fsp3) is 0.421. The largest absolute Gasteiger partial charge is 0.412 e. The van der Waals surface area contributed by atoms with Gasteiger partial charge in [0.25, 0.3) is 0 Å². The number of aromatic nitrogens is 2. The molecule has 5 N–H and O–H groups in total. The Bertz CT molecular complexity index is 662. The predicted octanol–water partition coefficient (Wildman–Crippen LogP) is 2.20. The molecule has 0 saturated heterocycles. The van der Waals surface area contributed by atoms with Gasteiger partial charge in [-0.1, -0.05) is 50.1 Å². The molecule has 0 aliphatic rings. The minimum Gasteiger partial charge on any atom is -0.412 e. The van der Waals surface area contributed by atoms with Crippen molar-refractivity contribution in [3.05, 3.63) is 53.3 Å². The van der Waals surface area contributed by atoms with Gasteiger partial charge in [-0.25, -0.2) is 9.97 Å². The molecule has 1 amide bonds. The van der Waals surface area contributed by atoms with Gasteiger partial charge in [-0.3, -0.25) is 10.1 Å². The molecular weight excluding hydrogens is 316 g/mol. The molecule has 6 nitrogen and oxygen atoms in total. The van der Waals surface area contributed by atoms with E-state index in [0.29, 0.717) is 12.4 Å². The molecule has 0 aliphatic heterocycles. The second kappa shape index (κ2) is 10.5. The number of unbranched alkanes of at least 4 members (excludes halogenated alkanes) is 2. The van der Waals surface area contributed by atoms with Crippen molar-refractivity contribution in [1.29, 1.82) is 0 Å². The summed E-state index contributed by atoms with van der Waals surface area (Å²) in [6.45, 7) is 4.13. The van der Waals surface area contributed by atoms with Crippen LogP contribution in [0.15, 0.2) is 36.5 Å². The van der Waals surface area contributed by atoms with Crippen LogP contribution in [0.25, 0.3) is 0 Å². The number of aryl methyl sites for hydroxylation is 2. The van der Waals surface area contributed by atoms with Crippen molar-refractivity contribution in [3.63, 3.8) is 0 Å². The highest BCUT2D eigenvalue weighted by atomic mass is 16.2. The Hall–Kier alpha value is -2.31. The molecule has 1 aromatic heterocycles. The Morgan fingerprint density at radius 2 is 1.96 bits per heavy atom. The second-order valence-electron chi connectivity index (χ2n) is 6.05. The molecule has 0 bridgehead atoms. The van der Waals surface area contributed by atoms with E-state index in [9.17, 15) is 4.79 Å². The number of rotatable bonds is 8. The molecule has 0 saturated carbocycles. The van der Waals surface area contributed by atoms with Gasteiger partial charge in [0.05, 0.1) is 6.04 Å². The molecule has 1 heterocycles. The zero-order chi connectivity index (χ0) is 17.4. The fourth-order valence-electron chi connectivity index (χ4n) is 2.53. The van der Waals surface area contributed by atoms with Crippen molar-refractivity contribution in [2.75, 3.05) is 5.32 Å². The summed E-state index contributed by atoms with van der Waals surface area (Å²) in [7, 11) is 0. The van der Waals surface area contributed by atoms with Gasteiger partial charge < -0.3 is 11.2 Å². The Morgan fingerprint density at radius 1 is 1.24 bits per heavy atom. The van der Waals surface area contributed by atoms with E-state index < -0.39 is 6.04 Å². The number of carbonyl (C=O) groups is 1. The van der Waals surface area contributed by atoms with Gasteiger partial charge in [-0.15, -0.1) is 0 Å². The summed E-state index contributed by atoms with van der Waals surface area (Å²) >= 11 is 0. The van der Waals surface area contributed by atoms with E-state index in [2.05, 4.69) is 22.2 Å². The third-order valence-electron chi connectivity index (χ3n) is 4.00. The first-order chi connectivity index (χ1) is 11.6. The monoisotopic (exact) mass is 344 g/mol. The standard InChI is InChI=1S/C19H26N4O.H2O/c1-3-4-6-11-16-13-21-19(22-14(16)2)23-18(24)17(20)12-15-9-7-5-8-10-15;/h5,7-10,13,17H,3-4,6,11-12,20H2,1-2H3,(H,21,22,23,24);1H2. The lowest BCUT2D eigenvalue weighted by atomic mass is 10.1. The average Bonchev–Trinajstić information content (AvgIpc) is 2.58. The van der Waals surface area contributed by atoms with Crippen LogP contribution in [0.5, 0.6) is 0 Å². The summed E-state index contributed by atoms with van der Waals surface area (Å²) in [5.74, 6) is 0.0530. The third-order valence-corrected chi connectivity index (χ3v) is 4.00. The summed E-state index contributed by atoms with van der Waals surface area (Å²) in [6, 6.07) is 9.10. The quantitative estimate of drug-likeness (QED) is 0.715. The lowest BCUT2D eigenvalue weighted by Gasteiger charge is -2.12. The Kier molecular flexibility index (Phi) is 8.74. The van der Waals surface area contributed by atoms with E-state index in [1.54, 1.807) is 6.20 Å². The first-order valence-corrected chi connectivity index (χ1v) is 8.53. The number of hydrogen-bond donors (Lipinski definition) is 2. The Labute approximate surface area is 149 Å².